The standard InChI is InChI=1S/C14H25N5O2/c1-2-13(11-20)17-10-12(9-16)14(21)19-7-5-18(4-3-15)6-8-19/h10,13,17,20H,2-8,11,15H2,1H3/b12-10-. The Balaban J connectivity index is 2.56. The van der Waals surface area contributed by atoms with Gasteiger partial charge in [0.05, 0.1) is 6.61 Å². The Hall–Kier alpha value is -1.62. The van der Waals surface area contributed by atoms with Gasteiger partial charge in [-0.25, -0.2) is 0 Å². The second-order valence-corrected chi connectivity index (χ2v) is 5.05. The van der Waals surface area contributed by atoms with Gasteiger partial charge in [-0.15, -0.1) is 0 Å². The molecule has 118 valence electrons. The first kappa shape index (κ1) is 17.4. The van der Waals surface area contributed by atoms with Crippen LogP contribution in [0.1, 0.15) is 13.3 Å². The van der Waals surface area contributed by atoms with E-state index < -0.39 is 0 Å². The summed E-state index contributed by atoms with van der Waals surface area (Å²) in [6, 6.07) is 1.79. The number of hydrogen-bond donors (Lipinski definition) is 3. The number of rotatable bonds is 7. The zero-order chi connectivity index (χ0) is 15.7. The molecule has 0 aliphatic carbocycles. The summed E-state index contributed by atoms with van der Waals surface area (Å²) in [5.74, 6) is -0.259. The molecule has 1 fully saturated rings. The monoisotopic (exact) mass is 295 g/mol. The number of nitrogens with zero attached hydrogens (tertiary/aromatic N) is 3. The van der Waals surface area contributed by atoms with E-state index in [1.165, 1.54) is 6.20 Å². The van der Waals surface area contributed by atoms with E-state index in [4.69, 9.17) is 16.1 Å². The highest BCUT2D eigenvalue weighted by atomic mass is 16.3. The maximum absolute atomic E-state index is 12.3. The fourth-order valence-electron chi connectivity index (χ4n) is 2.17. The molecule has 0 spiro atoms. The van der Waals surface area contributed by atoms with Gasteiger partial charge in [-0.1, -0.05) is 6.92 Å². The first-order valence-corrected chi connectivity index (χ1v) is 7.35. The molecule has 21 heavy (non-hydrogen) atoms. The average Bonchev–Trinajstić information content (AvgIpc) is 2.52. The minimum Gasteiger partial charge on any atom is -0.394 e. The van der Waals surface area contributed by atoms with Crippen LogP contribution in [0.4, 0.5) is 0 Å². The Morgan fingerprint density at radius 2 is 2.14 bits per heavy atom. The number of nitrogens with one attached hydrogen (secondary N) is 1. The van der Waals surface area contributed by atoms with Gasteiger partial charge in [-0.3, -0.25) is 9.69 Å². The van der Waals surface area contributed by atoms with E-state index in [2.05, 4.69) is 10.2 Å². The lowest BCUT2D eigenvalue weighted by atomic mass is 10.2. The Kier molecular flexibility index (Phi) is 7.75. The van der Waals surface area contributed by atoms with Crippen molar-refractivity contribution >= 4 is 5.91 Å². The van der Waals surface area contributed by atoms with Crippen molar-refractivity contribution in [1.82, 2.24) is 15.1 Å². The highest BCUT2D eigenvalue weighted by Crippen LogP contribution is 2.06. The quantitative estimate of drug-likeness (QED) is 0.405. The lowest BCUT2D eigenvalue weighted by Crippen LogP contribution is -2.50. The fourth-order valence-corrected chi connectivity index (χ4v) is 2.17. The molecular weight excluding hydrogens is 270 g/mol. The summed E-state index contributed by atoms with van der Waals surface area (Å²) in [6.07, 6.45) is 2.14. The third kappa shape index (κ3) is 5.34. The number of aliphatic hydroxyl groups excluding tert-OH is 1. The van der Waals surface area contributed by atoms with Crippen LogP contribution in [0.25, 0.3) is 0 Å². The number of carbonyl (C=O) groups excluding carboxylic acids is 1. The molecule has 1 amide bonds. The molecule has 7 heteroatoms. The SMILES string of the molecule is CCC(CO)N/C=C(/C#N)C(=O)N1CCN(CCN)CC1. The summed E-state index contributed by atoms with van der Waals surface area (Å²) in [7, 11) is 0. The zero-order valence-corrected chi connectivity index (χ0v) is 12.6. The molecule has 1 heterocycles. The number of carbonyl (C=O) groups is 1. The Morgan fingerprint density at radius 1 is 1.48 bits per heavy atom. The number of aliphatic hydroxyl groups is 1. The van der Waals surface area contributed by atoms with Gasteiger partial charge in [0.25, 0.3) is 5.91 Å². The van der Waals surface area contributed by atoms with E-state index in [0.29, 0.717) is 19.6 Å². The van der Waals surface area contributed by atoms with Crippen molar-refractivity contribution < 1.29 is 9.90 Å². The molecule has 1 atom stereocenters. The molecule has 0 aromatic heterocycles. The van der Waals surface area contributed by atoms with Gasteiger partial charge < -0.3 is 21.1 Å². The van der Waals surface area contributed by atoms with Crippen LogP contribution in [-0.4, -0.2) is 72.7 Å². The van der Waals surface area contributed by atoms with Crippen molar-refractivity contribution in [2.24, 2.45) is 5.73 Å². The zero-order valence-electron chi connectivity index (χ0n) is 12.6. The number of nitrogens with two attached hydrogens (primary N) is 1. The molecule has 0 bridgehead atoms. The topological polar surface area (TPSA) is 106 Å². The van der Waals surface area contributed by atoms with Crippen molar-refractivity contribution in [3.8, 4) is 6.07 Å². The van der Waals surface area contributed by atoms with Crippen LogP contribution in [0, 0.1) is 11.3 Å². The highest BCUT2D eigenvalue weighted by Gasteiger charge is 2.23. The third-order valence-electron chi connectivity index (χ3n) is 3.63. The first-order chi connectivity index (χ1) is 10.2. The lowest BCUT2D eigenvalue weighted by Gasteiger charge is -2.34. The van der Waals surface area contributed by atoms with Crippen molar-refractivity contribution in [3.05, 3.63) is 11.8 Å². The minimum absolute atomic E-state index is 0.0301. The van der Waals surface area contributed by atoms with Gasteiger partial charge in [0.1, 0.15) is 11.6 Å². The fraction of sp³-hybridized carbons (Fsp3) is 0.714. The summed E-state index contributed by atoms with van der Waals surface area (Å²) in [5, 5.41) is 21.1. The normalized spacial score (nSPS) is 18.2. The van der Waals surface area contributed by atoms with Crippen molar-refractivity contribution in [1.29, 1.82) is 5.26 Å². The summed E-state index contributed by atoms with van der Waals surface area (Å²) in [4.78, 5) is 16.2. The highest BCUT2D eigenvalue weighted by molar-refractivity contribution is 5.97. The third-order valence-corrected chi connectivity index (χ3v) is 3.63. The van der Waals surface area contributed by atoms with Crippen molar-refractivity contribution in [3.63, 3.8) is 0 Å². The van der Waals surface area contributed by atoms with Crippen LogP contribution in [0.5, 0.6) is 0 Å². The maximum atomic E-state index is 12.3. The molecule has 0 aromatic rings. The van der Waals surface area contributed by atoms with E-state index in [1.807, 2.05) is 13.0 Å². The van der Waals surface area contributed by atoms with Gasteiger partial charge in [0, 0.05) is 51.5 Å². The van der Waals surface area contributed by atoms with E-state index in [1.54, 1.807) is 4.90 Å². The van der Waals surface area contributed by atoms with E-state index >= 15 is 0 Å². The Bertz CT molecular complexity index is 393. The number of amides is 1. The van der Waals surface area contributed by atoms with Crippen LogP contribution in [0.15, 0.2) is 11.8 Å². The first-order valence-electron chi connectivity index (χ1n) is 7.35. The predicted octanol–water partition coefficient (Wildman–Crippen LogP) is -1.14. The van der Waals surface area contributed by atoms with Crippen molar-refractivity contribution in [2.45, 2.75) is 19.4 Å². The van der Waals surface area contributed by atoms with Crippen molar-refractivity contribution in [2.75, 3.05) is 45.9 Å². The van der Waals surface area contributed by atoms with Crippen LogP contribution >= 0.6 is 0 Å². The van der Waals surface area contributed by atoms with Gasteiger partial charge >= 0.3 is 0 Å². The molecule has 7 nitrogen and oxygen atoms in total. The number of nitriles is 1. The largest absolute Gasteiger partial charge is 0.394 e. The molecule has 1 aliphatic heterocycles. The summed E-state index contributed by atoms with van der Waals surface area (Å²) in [5.41, 5.74) is 5.59. The average molecular weight is 295 g/mol. The van der Waals surface area contributed by atoms with Gasteiger partial charge in [-0.05, 0) is 6.42 Å². The van der Waals surface area contributed by atoms with Gasteiger partial charge in [0.15, 0.2) is 0 Å². The predicted molar refractivity (Wildman–Crippen MR) is 80.1 cm³/mol. The van der Waals surface area contributed by atoms with Crippen LogP contribution in [0.3, 0.4) is 0 Å². The van der Waals surface area contributed by atoms with E-state index in [-0.39, 0.29) is 24.1 Å². The second kappa shape index (κ2) is 9.34. The van der Waals surface area contributed by atoms with E-state index in [0.717, 1.165) is 26.1 Å². The van der Waals surface area contributed by atoms with Gasteiger partial charge in [-0.2, -0.15) is 5.26 Å². The molecule has 0 aromatic carbocycles. The molecule has 1 rings (SSSR count). The molecular formula is C14H25N5O2. The minimum atomic E-state index is -0.259. The summed E-state index contributed by atoms with van der Waals surface area (Å²) >= 11 is 0. The van der Waals surface area contributed by atoms with E-state index in [9.17, 15) is 4.79 Å². The molecule has 1 saturated heterocycles. The van der Waals surface area contributed by atoms with Crippen LogP contribution in [0.2, 0.25) is 0 Å². The summed E-state index contributed by atoms with van der Waals surface area (Å²) < 4.78 is 0. The Morgan fingerprint density at radius 3 is 2.62 bits per heavy atom. The molecule has 4 N–H and O–H groups in total. The smallest absolute Gasteiger partial charge is 0.266 e. The molecule has 0 saturated carbocycles. The molecule has 0 radical (unpaired) electrons. The summed E-state index contributed by atoms with van der Waals surface area (Å²) in [6.45, 7) is 6.11. The second-order valence-electron chi connectivity index (χ2n) is 5.05. The Labute approximate surface area is 126 Å². The van der Waals surface area contributed by atoms with Crippen LogP contribution in [-0.2, 0) is 4.79 Å². The van der Waals surface area contributed by atoms with Gasteiger partial charge in [0.2, 0.25) is 0 Å². The molecule has 1 unspecified atom stereocenters. The number of piperazine rings is 1. The molecule has 1 aliphatic rings. The number of hydrogen-bond acceptors (Lipinski definition) is 6. The van der Waals surface area contributed by atoms with Crippen LogP contribution < -0.4 is 11.1 Å². The lowest BCUT2D eigenvalue weighted by molar-refractivity contribution is -0.128. The maximum Gasteiger partial charge on any atom is 0.266 e.